The Labute approximate surface area is 132 Å². The van der Waals surface area contributed by atoms with Crippen molar-refractivity contribution in [1.82, 2.24) is 4.31 Å². The molecule has 0 bridgehead atoms. The molecular weight excluding hydrogens is 300 g/mol. The summed E-state index contributed by atoms with van der Waals surface area (Å²) in [7, 11) is -3.23. The largest absolute Gasteiger partial charge is 0.309 e. The van der Waals surface area contributed by atoms with Crippen molar-refractivity contribution in [3.63, 3.8) is 0 Å². The molecule has 0 radical (unpaired) electrons. The molecule has 1 fully saturated rings. The van der Waals surface area contributed by atoms with Crippen LogP contribution in [0.25, 0.3) is 0 Å². The second kappa shape index (κ2) is 5.66. The zero-order valence-electron chi connectivity index (χ0n) is 13.0. The molecule has 1 amide bonds. The number of carbonyl (C=O) groups is 1. The lowest BCUT2D eigenvalue weighted by Crippen LogP contribution is -2.48. The van der Waals surface area contributed by atoms with Gasteiger partial charge >= 0.3 is 0 Å². The van der Waals surface area contributed by atoms with E-state index in [2.05, 4.69) is 13.0 Å². The van der Waals surface area contributed by atoms with E-state index < -0.39 is 10.0 Å². The lowest BCUT2D eigenvalue weighted by atomic mass is 9.97. The van der Waals surface area contributed by atoms with Crippen LogP contribution in [0.1, 0.15) is 25.3 Å². The molecule has 120 valence electrons. The van der Waals surface area contributed by atoms with Gasteiger partial charge in [-0.3, -0.25) is 4.79 Å². The fourth-order valence-corrected chi connectivity index (χ4v) is 4.45. The van der Waals surface area contributed by atoms with Crippen molar-refractivity contribution in [3.8, 4) is 0 Å². The predicted molar refractivity (Wildman–Crippen MR) is 86.2 cm³/mol. The van der Waals surface area contributed by atoms with Crippen LogP contribution in [0.2, 0.25) is 0 Å². The molecule has 1 saturated heterocycles. The van der Waals surface area contributed by atoms with E-state index in [1.807, 2.05) is 23.1 Å². The van der Waals surface area contributed by atoms with Gasteiger partial charge in [-0.1, -0.05) is 18.2 Å². The van der Waals surface area contributed by atoms with Gasteiger partial charge in [0.2, 0.25) is 15.9 Å². The fraction of sp³-hybridized carbons (Fsp3) is 0.562. The number of anilines is 1. The Morgan fingerprint density at radius 2 is 2.00 bits per heavy atom. The average molecular weight is 322 g/mol. The molecule has 3 rings (SSSR count). The zero-order chi connectivity index (χ0) is 15.9. The number of sulfonamides is 1. The normalized spacial score (nSPS) is 26.0. The van der Waals surface area contributed by atoms with Gasteiger partial charge in [0.25, 0.3) is 0 Å². The van der Waals surface area contributed by atoms with E-state index in [0.717, 1.165) is 24.9 Å². The van der Waals surface area contributed by atoms with Crippen molar-refractivity contribution >= 4 is 21.6 Å². The summed E-state index contributed by atoms with van der Waals surface area (Å²) in [6.45, 7) is 2.88. The van der Waals surface area contributed by atoms with Crippen LogP contribution < -0.4 is 4.90 Å². The van der Waals surface area contributed by atoms with Gasteiger partial charge in [0.1, 0.15) is 0 Å². The minimum absolute atomic E-state index is 0.0609. The van der Waals surface area contributed by atoms with Gasteiger partial charge < -0.3 is 4.90 Å². The second-order valence-electron chi connectivity index (χ2n) is 6.35. The van der Waals surface area contributed by atoms with Gasteiger partial charge in [0, 0.05) is 24.8 Å². The Kier molecular flexibility index (Phi) is 3.99. The molecule has 2 heterocycles. The highest BCUT2D eigenvalue weighted by Crippen LogP contribution is 2.34. The molecule has 2 atom stereocenters. The van der Waals surface area contributed by atoms with E-state index in [0.29, 0.717) is 13.1 Å². The summed E-state index contributed by atoms with van der Waals surface area (Å²) in [6, 6.07) is 8.11. The Morgan fingerprint density at radius 1 is 1.27 bits per heavy atom. The molecule has 1 aromatic rings. The maximum Gasteiger partial charge on any atom is 0.231 e. The molecule has 5 nitrogen and oxygen atoms in total. The third-order valence-corrected chi connectivity index (χ3v) is 5.92. The molecule has 2 aliphatic heterocycles. The smallest absolute Gasteiger partial charge is 0.231 e. The van der Waals surface area contributed by atoms with E-state index in [9.17, 15) is 13.2 Å². The van der Waals surface area contributed by atoms with Crippen LogP contribution in [0.3, 0.4) is 0 Å². The van der Waals surface area contributed by atoms with Gasteiger partial charge in [-0.15, -0.1) is 0 Å². The van der Waals surface area contributed by atoms with E-state index in [1.54, 1.807) is 0 Å². The Hall–Kier alpha value is -1.40. The molecule has 0 unspecified atom stereocenters. The molecule has 2 aliphatic rings. The van der Waals surface area contributed by atoms with Crippen LogP contribution in [0.5, 0.6) is 0 Å². The Bertz CT molecular complexity index is 686. The summed E-state index contributed by atoms with van der Waals surface area (Å²) in [5.74, 6) is -0.178. The SMILES string of the molecule is C[C@@H]1Cc2ccccc2N1C(=O)[C@@H]1CCCN(S(C)(=O)=O)C1. The number of amides is 1. The fourth-order valence-electron chi connectivity index (χ4n) is 3.54. The first kappa shape index (κ1) is 15.5. The maximum absolute atomic E-state index is 13.0. The van der Waals surface area contributed by atoms with Crippen LogP contribution in [0.4, 0.5) is 5.69 Å². The molecular formula is C16H22N2O3S. The first-order valence-electron chi connectivity index (χ1n) is 7.74. The summed E-state index contributed by atoms with van der Waals surface area (Å²) in [5.41, 5.74) is 2.18. The zero-order valence-corrected chi connectivity index (χ0v) is 13.8. The first-order chi connectivity index (χ1) is 10.4. The number of piperidine rings is 1. The van der Waals surface area contributed by atoms with Crippen molar-refractivity contribution in [2.75, 3.05) is 24.2 Å². The Morgan fingerprint density at radius 3 is 2.73 bits per heavy atom. The van der Waals surface area contributed by atoms with Crippen molar-refractivity contribution < 1.29 is 13.2 Å². The highest BCUT2D eigenvalue weighted by Gasteiger charge is 2.37. The molecule has 0 spiro atoms. The lowest BCUT2D eigenvalue weighted by Gasteiger charge is -2.34. The summed E-state index contributed by atoms with van der Waals surface area (Å²) in [5, 5.41) is 0. The standard InChI is InChI=1S/C16H22N2O3S/c1-12-10-13-6-3-4-8-15(13)18(12)16(19)14-7-5-9-17(11-14)22(2,20)21/h3-4,6,8,12,14H,5,7,9-11H2,1-2H3/t12-,14-/m1/s1. The third-order valence-electron chi connectivity index (χ3n) is 4.65. The summed E-state index contributed by atoms with van der Waals surface area (Å²) in [6.07, 6.45) is 3.58. The predicted octanol–water partition coefficient (Wildman–Crippen LogP) is 1.64. The second-order valence-corrected chi connectivity index (χ2v) is 8.33. The molecule has 0 N–H and O–H groups in total. The lowest BCUT2D eigenvalue weighted by molar-refractivity contribution is -0.123. The van der Waals surface area contributed by atoms with E-state index >= 15 is 0 Å². The number of fused-ring (bicyclic) bond motifs is 1. The summed E-state index contributed by atoms with van der Waals surface area (Å²) >= 11 is 0. The van der Waals surface area contributed by atoms with Crippen LogP contribution in [-0.2, 0) is 21.2 Å². The molecule has 0 aromatic heterocycles. The van der Waals surface area contributed by atoms with Gasteiger partial charge in [-0.25, -0.2) is 12.7 Å². The summed E-state index contributed by atoms with van der Waals surface area (Å²) < 4.78 is 24.9. The number of hydrogen-bond acceptors (Lipinski definition) is 3. The monoisotopic (exact) mass is 322 g/mol. The molecule has 6 heteroatoms. The van der Waals surface area contributed by atoms with E-state index in [-0.39, 0.29) is 17.9 Å². The highest BCUT2D eigenvalue weighted by atomic mass is 32.2. The average Bonchev–Trinajstić information content (AvgIpc) is 2.81. The number of nitrogens with zero attached hydrogens (tertiary/aromatic N) is 2. The topological polar surface area (TPSA) is 57.7 Å². The van der Waals surface area contributed by atoms with Crippen molar-refractivity contribution in [2.45, 2.75) is 32.2 Å². The number of para-hydroxylation sites is 1. The number of carbonyl (C=O) groups excluding carboxylic acids is 1. The number of rotatable bonds is 2. The van der Waals surface area contributed by atoms with Gasteiger partial charge in [0.15, 0.2) is 0 Å². The minimum atomic E-state index is -3.23. The number of hydrogen-bond donors (Lipinski definition) is 0. The maximum atomic E-state index is 13.0. The van der Waals surface area contributed by atoms with Crippen LogP contribution in [0.15, 0.2) is 24.3 Å². The quantitative estimate of drug-likeness (QED) is 0.832. The van der Waals surface area contributed by atoms with Gasteiger partial charge in [-0.2, -0.15) is 0 Å². The molecule has 0 saturated carbocycles. The van der Waals surface area contributed by atoms with Crippen LogP contribution in [-0.4, -0.2) is 44.0 Å². The van der Waals surface area contributed by atoms with Crippen LogP contribution in [0, 0.1) is 5.92 Å². The van der Waals surface area contributed by atoms with E-state index in [1.165, 1.54) is 16.1 Å². The third kappa shape index (κ3) is 2.77. The molecule has 0 aliphatic carbocycles. The Balaban J connectivity index is 1.82. The number of benzene rings is 1. The first-order valence-corrected chi connectivity index (χ1v) is 9.59. The highest BCUT2D eigenvalue weighted by molar-refractivity contribution is 7.88. The van der Waals surface area contributed by atoms with Crippen molar-refractivity contribution in [1.29, 1.82) is 0 Å². The summed E-state index contributed by atoms with van der Waals surface area (Å²) in [4.78, 5) is 14.8. The van der Waals surface area contributed by atoms with Crippen molar-refractivity contribution in [2.24, 2.45) is 5.92 Å². The molecule has 22 heavy (non-hydrogen) atoms. The van der Waals surface area contributed by atoms with Gasteiger partial charge in [0.05, 0.1) is 12.2 Å². The molecule has 1 aromatic carbocycles. The minimum Gasteiger partial charge on any atom is -0.309 e. The van der Waals surface area contributed by atoms with Crippen LogP contribution >= 0.6 is 0 Å². The van der Waals surface area contributed by atoms with Crippen molar-refractivity contribution in [3.05, 3.63) is 29.8 Å². The van der Waals surface area contributed by atoms with E-state index in [4.69, 9.17) is 0 Å². The van der Waals surface area contributed by atoms with Gasteiger partial charge in [-0.05, 0) is 37.8 Å².